The SMILES string of the molecule is Cc1cc(CC(C(=O)N2CCN(C3CCN(C)CC3)CC2)N(C(=O)N2CCC(c3cc4ccccc4n(C(C)C)c3=O)CC2)C(C)C)cc2cnn(C(C)C)c12. The normalized spacial score (nSPS) is 18.9. The van der Waals surface area contributed by atoms with Crippen LogP contribution in [0.1, 0.15) is 102 Å². The molecule has 2 aromatic heterocycles. The van der Waals surface area contributed by atoms with Gasteiger partial charge in [0, 0.05) is 80.8 Å². The minimum absolute atomic E-state index is 0.0333. The number of urea groups is 1. The van der Waals surface area contributed by atoms with Crippen molar-refractivity contribution in [2.24, 2.45) is 0 Å². The molecule has 0 saturated carbocycles. The van der Waals surface area contributed by atoms with Crippen LogP contribution < -0.4 is 5.56 Å². The number of aromatic nitrogens is 3. The van der Waals surface area contributed by atoms with E-state index in [0.29, 0.717) is 51.5 Å². The van der Waals surface area contributed by atoms with E-state index in [-0.39, 0.29) is 41.5 Å². The van der Waals surface area contributed by atoms with Gasteiger partial charge in [-0.1, -0.05) is 24.3 Å². The zero-order chi connectivity index (χ0) is 39.8. The number of benzene rings is 2. The van der Waals surface area contributed by atoms with Gasteiger partial charge in [-0.25, -0.2) is 4.79 Å². The van der Waals surface area contributed by atoms with Crippen LogP contribution in [0.25, 0.3) is 21.8 Å². The van der Waals surface area contributed by atoms with Crippen LogP contribution in [0.15, 0.2) is 53.5 Å². The summed E-state index contributed by atoms with van der Waals surface area (Å²) in [5.74, 6) is 0.0967. The Bertz CT molecular complexity index is 2080. The molecule has 3 fully saturated rings. The zero-order valence-electron chi connectivity index (χ0n) is 35.1. The summed E-state index contributed by atoms with van der Waals surface area (Å²) in [4.78, 5) is 54.4. The van der Waals surface area contributed by atoms with Crippen molar-refractivity contribution in [1.82, 2.24) is 38.8 Å². The van der Waals surface area contributed by atoms with Crippen LogP contribution in [0.4, 0.5) is 4.79 Å². The first-order valence-corrected chi connectivity index (χ1v) is 21.2. The Morgan fingerprint density at radius 2 is 1.48 bits per heavy atom. The Balaban J connectivity index is 1.13. The van der Waals surface area contributed by atoms with Gasteiger partial charge in [0.25, 0.3) is 5.56 Å². The van der Waals surface area contributed by atoms with Crippen molar-refractivity contribution in [2.45, 2.75) is 117 Å². The van der Waals surface area contributed by atoms with E-state index in [9.17, 15) is 14.4 Å². The van der Waals surface area contributed by atoms with Crippen LogP contribution in [0.2, 0.25) is 0 Å². The second-order valence-electron chi connectivity index (χ2n) is 17.6. The maximum absolute atomic E-state index is 14.9. The number of hydrogen-bond donors (Lipinski definition) is 0. The monoisotopic (exact) mass is 765 g/mol. The number of pyridine rings is 1. The predicted octanol–water partition coefficient (Wildman–Crippen LogP) is 6.68. The molecule has 3 saturated heterocycles. The van der Waals surface area contributed by atoms with E-state index in [1.807, 2.05) is 57.5 Å². The number of nitrogens with zero attached hydrogens (tertiary/aromatic N) is 8. The van der Waals surface area contributed by atoms with Gasteiger partial charge in [-0.3, -0.25) is 19.2 Å². The predicted molar refractivity (Wildman–Crippen MR) is 226 cm³/mol. The van der Waals surface area contributed by atoms with Crippen LogP contribution in [0, 0.1) is 6.92 Å². The van der Waals surface area contributed by atoms with E-state index >= 15 is 0 Å². The van der Waals surface area contributed by atoms with Crippen LogP contribution in [-0.4, -0.2) is 128 Å². The fourth-order valence-electron chi connectivity index (χ4n) is 9.76. The van der Waals surface area contributed by atoms with Gasteiger partial charge in [0.15, 0.2) is 0 Å². The van der Waals surface area contributed by atoms with Crippen LogP contribution in [0.5, 0.6) is 0 Å². The lowest BCUT2D eigenvalue weighted by Crippen LogP contribution is -2.61. The smallest absolute Gasteiger partial charge is 0.320 e. The molecular weight excluding hydrogens is 701 g/mol. The maximum atomic E-state index is 14.9. The molecule has 0 bridgehead atoms. The Labute approximate surface area is 333 Å². The summed E-state index contributed by atoms with van der Waals surface area (Å²) >= 11 is 0. The highest BCUT2D eigenvalue weighted by molar-refractivity contribution is 5.89. The number of rotatable bonds is 9. The van der Waals surface area contributed by atoms with Gasteiger partial charge >= 0.3 is 6.03 Å². The van der Waals surface area contributed by atoms with E-state index in [4.69, 9.17) is 5.10 Å². The van der Waals surface area contributed by atoms with Gasteiger partial charge in [0.05, 0.1) is 17.2 Å². The largest absolute Gasteiger partial charge is 0.338 e. The summed E-state index contributed by atoms with van der Waals surface area (Å²) in [6, 6.07) is 14.4. The third-order valence-electron chi connectivity index (χ3n) is 12.8. The van der Waals surface area contributed by atoms with Crippen LogP contribution in [-0.2, 0) is 11.2 Å². The average Bonchev–Trinajstić information content (AvgIpc) is 3.62. The number of carbonyl (C=O) groups excluding carboxylic acids is 2. The number of amides is 3. The molecular formula is C45H64N8O3. The quantitative estimate of drug-likeness (QED) is 0.189. The minimum Gasteiger partial charge on any atom is -0.338 e. The minimum atomic E-state index is -0.647. The van der Waals surface area contributed by atoms with Gasteiger partial charge < -0.3 is 24.2 Å². The van der Waals surface area contributed by atoms with Crippen molar-refractivity contribution in [3.05, 3.63) is 75.7 Å². The zero-order valence-corrected chi connectivity index (χ0v) is 35.1. The summed E-state index contributed by atoms with van der Waals surface area (Å²) in [7, 11) is 2.20. The molecule has 0 spiro atoms. The first kappa shape index (κ1) is 40.0. The van der Waals surface area contributed by atoms with Crippen LogP contribution >= 0.6 is 0 Å². The molecule has 2 aromatic carbocycles. The third kappa shape index (κ3) is 7.99. The van der Waals surface area contributed by atoms with Gasteiger partial charge in [-0.05, 0) is 135 Å². The number of likely N-dealkylation sites (tertiary alicyclic amines) is 2. The van der Waals surface area contributed by atoms with Gasteiger partial charge in [-0.2, -0.15) is 5.10 Å². The molecule has 5 heterocycles. The first-order valence-electron chi connectivity index (χ1n) is 21.2. The second kappa shape index (κ2) is 16.7. The molecule has 1 atom stereocenters. The summed E-state index contributed by atoms with van der Waals surface area (Å²) in [6.45, 7) is 21.0. The molecule has 11 nitrogen and oxygen atoms in total. The number of fused-ring (bicyclic) bond motifs is 2. The third-order valence-corrected chi connectivity index (χ3v) is 12.8. The van der Waals surface area contributed by atoms with E-state index in [2.05, 4.69) is 80.4 Å². The Kier molecular flexibility index (Phi) is 11.9. The molecule has 4 aromatic rings. The van der Waals surface area contributed by atoms with E-state index in [0.717, 1.165) is 64.7 Å². The molecule has 0 radical (unpaired) electrons. The highest BCUT2D eigenvalue weighted by Crippen LogP contribution is 2.31. The van der Waals surface area contributed by atoms with Crippen molar-refractivity contribution in [2.75, 3.05) is 59.4 Å². The second-order valence-corrected chi connectivity index (χ2v) is 17.6. The van der Waals surface area contributed by atoms with Crippen molar-refractivity contribution in [1.29, 1.82) is 0 Å². The summed E-state index contributed by atoms with van der Waals surface area (Å²) in [5, 5.41) is 6.82. The molecule has 11 heteroatoms. The first-order chi connectivity index (χ1) is 26.8. The number of aryl methyl sites for hydroxylation is 1. The van der Waals surface area contributed by atoms with Crippen molar-refractivity contribution in [3.63, 3.8) is 0 Å². The Morgan fingerprint density at radius 3 is 2.12 bits per heavy atom. The highest BCUT2D eigenvalue weighted by Gasteiger charge is 2.40. The molecule has 7 rings (SSSR count). The molecule has 0 N–H and O–H groups in total. The number of hydrogen-bond acceptors (Lipinski definition) is 6. The average molecular weight is 765 g/mol. The molecule has 3 amide bonds. The molecule has 302 valence electrons. The van der Waals surface area contributed by atoms with Crippen LogP contribution in [0.3, 0.4) is 0 Å². The standard InChI is InChI=1S/C45H64N8O3/c1-30(2)51-40-12-10-9-11-36(40)28-39(43(51)54)35-13-19-50(20-14-35)45(56)52(31(3)4)41(27-34-25-33(7)42-37(26-34)29-46-53(42)32(5)6)44(55)49-23-21-48(22-24-49)38-15-17-47(8)18-16-38/h9-12,25-26,28-32,35,38,41H,13-24,27H2,1-8H3. The fourth-order valence-corrected chi connectivity index (χ4v) is 9.76. The molecule has 56 heavy (non-hydrogen) atoms. The van der Waals surface area contributed by atoms with Gasteiger partial charge in [0.1, 0.15) is 6.04 Å². The van der Waals surface area contributed by atoms with E-state index in [1.165, 1.54) is 12.8 Å². The van der Waals surface area contributed by atoms with Gasteiger partial charge in [0.2, 0.25) is 5.91 Å². The van der Waals surface area contributed by atoms with Gasteiger partial charge in [-0.15, -0.1) is 0 Å². The molecule has 3 aliphatic heterocycles. The van der Waals surface area contributed by atoms with E-state index < -0.39 is 6.04 Å². The molecule has 1 unspecified atom stereocenters. The summed E-state index contributed by atoms with van der Waals surface area (Å²) < 4.78 is 3.98. The molecule has 0 aliphatic carbocycles. The fraction of sp³-hybridized carbons (Fsp3) is 0.600. The summed E-state index contributed by atoms with van der Waals surface area (Å²) in [5.41, 5.74) is 5.14. The summed E-state index contributed by atoms with van der Waals surface area (Å²) in [6.07, 6.45) is 6.11. The Hall–Kier alpha value is -4.22. The topological polar surface area (TPSA) is 90.2 Å². The van der Waals surface area contributed by atoms with Crippen molar-refractivity contribution in [3.8, 4) is 0 Å². The number of piperidine rings is 2. The number of para-hydroxylation sites is 1. The van der Waals surface area contributed by atoms with Crippen molar-refractivity contribution < 1.29 is 9.59 Å². The lowest BCUT2D eigenvalue weighted by atomic mass is 9.89. The van der Waals surface area contributed by atoms with Crippen molar-refractivity contribution >= 4 is 33.7 Å². The number of carbonyl (C=O) groups is 2. The lowest BCUT2D eigenvalue weighted by Gasteiger charge is -2.45. The van der Waals surface area contributed by atoms with E-state index in [1.54, 1.807) is 0 Å². The molecule has 3 aliphatic rings. The maximum Gasteiger partial charge on any atom is 0.320 e. The number of piperazine rings is 1. The Morgan fingerprint density at radius 1 is 0.804 bits per heavy atom. The lowest BCUT2D eigenvalue weighted by molar-refractivity contribution is -0.139. The highest BCUT2D eigenvalue weighted by atomic mass is 16.2.